The van der Waals surface area contributed by atoms with Crippen LogP contribution in [0.5, 0.6) is 0 Å². The molecular formula is C20H31IN4O4. The number of hydrogen-bond acceptors (Lipinski definition) is 5. The Labute approximate surface area is 189 Å². The summed E-state index contributed by atoms with van der Waals surface area (Å²) in [6.45, 7) is 7.18. The van der Waals surface area contributed by atoms with Gasteiger partial charge in [0.15, 0.2) is 5.96 Å². The third-order valence-electron chi connectivity index (χ3n) is 4.79. The first-order valence-corrected chi connectivity index (χ1v) is 9.98. The summed E-state index contributed by atoms with van der Waals surface area (Å²) in [6, 6.07) is 6.47. The lowest BCUT2D eigenvalue weighted by Gasteiger charge is -2.33. The second-order valence-corrected chi connectivity index (χ2v) is 6.86. The van der Waals surface area contributed by atoms with Crippen molar-refractivity contribution in [3.63, 3.8) is 0 Å². The number of likely N-dealkylation sites (tertiary alicyclic amines) is 1. The highest BCUT2D eigenvalue weighted by Crippen LogP contribution is 2.19. The molecule has 0 aliphatic carbocycles. The van der Waals surface area contributed by atoms with Crippen molar-refractivity contribution in [1.29, 1.82) is 0 Å². The monoisotopic (exact) mass is 518 g/mol. The largest absolute Gasteiger partial charge is 0.466 e. The zero-order valence-corrected chi connectivity index (χ0v) is 19.5. The van der Waals surface area contributed by atoms with Gasteiger partial charge in [0.25, 0.3) is 5.69 Å². The zero-order valence-electron chi connectivity index (χ0n) is 17.1. The molecule has 2 rings (SSSR count). The minimum absolute atomic E-state index is 0. The fourth-order valence-electron chi connectivity index (χ4n) is 3.12. The zero-order chi connectivity index (χ0) is 20.4. The number of nitro groups is 1. The van der Waals surface area contributed by atoms with Gasteiger partial charge < -0.3 is 15.0 Å². The van der Waals surface area contributed by atoms with Crippen LogP contribution in [0.25, 0.3) is 0 Å². The number of rotatable bonds is 8. The first-order chi connectivity index (χ1) is 13.5. The van der Waals surface area contributed by atoms with Crippen molar-refractivity contribution < 1.29 is 14.5 Å². The van der Waals surface area contributed by atoms with Crippen LogP contribution >= 0.6 is 24.0 Å². The van der Waals surface area contributed by atoms with Crippen LogP contribution in [0.1, 0.15) is 45.1 Å². The maximum absolute atomic E-state index is 11.9. The van der Waals surface area contributed by atoms with E-state index in [1.165, 1.54) is 12.1 Å². The van der Waals surface area contributed by atoms with Gasteiger partial charge in [-0.1, -0.05) is 25.5 Å². The average molecular weight is 518 g/mol. The van der Waals surface area contributed by atoms with Gasteiger partial charge in [-0.2, -0.15) is 0 Å². The van der Waals surface area contributed by atoms with Gasteiger partial charge in [0, 0.05) is 31.8 Å². The van der Waals surface area contributed by atoms with Crippen molar-refractivity contribution in [3.05, 3.63) is 39.9 Å². The Hall–Kier alpha value is -1.91. The number of guanidine groups is 1. The van der Waals surface area contributed by atoms with Gasteiger partial charge in [0.1, 0.15) is 0 Å². The van der Waals surface area contributed by atoms with Crippen molar-refractivity contribution in [3.8, 4) is 0 Å². The van der Waals surface area contributed by atoms with Gasteiger partial charge >= 0.3 is 5.97 Å². The third kappa shape index (κ3) is 8.15. The van der Waals surface area contributed by atoms with Gasteiger partial charge in [0.2, 0.25) is 0 Å². The van der Waals surface area contributed by atoms with Crippen LogP contribution in [0, 0.1) is 16.0 Å². The van der Waals surface area contributed by atoms with E-state index >= 15 is 0 Å². The van der Waals surface area contributed by atoms with Gasteiger partial charge in [-0.25, -0.2) is 4.99 Å². The Morgan fingerprint density at radius 2 is 1.93 bits per heavy atom. The number of non-ortho nitro benzene ring substituents is 1. The van der Waals surface area contributed by atoms with Crippen LogP contribution in [-0.4, -0.2) is 48.0 Å². The number of nitrogens with one attached hydrogen (secondary N) is 1. The smallest absolute Gasteiger partial charge is 0.309 e. The molecule has 0 radical (unpaired) electrons. The van der Waals surface area contributed by atoms with Gasteiger partial charge in [0.05, 0.1) is 24.0 Å². The number of benzene rings is 1. The molecule has 1 aliphatic heterocycles. The van der Waals surface area contributed by atoms with E-state index in [2.05, 4.69) is 17.1 Å². The molecule has 29 heavy (non-hydrogen) atoms. The Morgan fingerprint density at radius 1 is 1.28 bits per heavy atom. The highest BCUT2D eigenvalue weighted by Gasteiger charge is 2.27. The highest BCUT2D eigenvalue weighted by molar-refractivity contribution is 14.0. The number of nitrogens with zero attached hydrogens (tertiary/aromatic N) is 3. The number of carbonyl (C=O) groups is 1. The number of hydrogen-bond donors (Lipinski definition) is 1. The summed E-state index contributed by atoms with van der Waals surface area (Å²) in [5, 5.41) is 14.2. The molecule has 0 aromatic heterocycles. The normalized spacial score (nSPS) is 14.8. The van der Waals surface area contributed by atoms with E-state index in [1.807, 2.05) is 6.92 Å². The second kappa shape index (κ2) is 13.3. The molecule has 1 heterocycles. The van der Waals surface area contributed by atoms with Crippen LogP contribution in [0.15, 0.2) is 29.3 Å². The lowest BCUT2D eigenvalue weighted by Crippen LogP contribution is -2.47. The second-order valence-electron chi connectivity index (χ2n) is 6.86. The molecule has 0 amide bonds. The van der Waals surface area contributed by atoms with E-state index < -0.39 is 4.92 Å². The van der Waals surface area contributed by atoms with E-state index in [0.717, 1.165) is 56.8 Å². The van der Waals surface area contributed by atoms with Gasteiger partial charge in [-0.15, -0.1) is 24.0 Å². The molecule has 1 aliphatic rings. The number of halogens is 1. The lowest BCUT2D eigenvalue weighted by molar-refractivity contribution is -0.384. The van der Waals surface area contributed by atoms with Crippen LogP contribution in [0.2, 0.25) is 0 Å². The number of esters is 1. The first kappa shape index (κ1) is 25.1. The molecule has 0 spiro atoms. The van der Waals surface area contributed by atoms with Crippen molar-refractivity contribution >= 4 is 41.6 Å². The Bertz CT molecular complexity index is 674. The molecule has 1 fully saturated rings. The predicted octanol–water partition coefficient (Wildman–Crippen LogP) is 3.73. The maximum atomic E-state index is 11.9. The van der Waals surface area contributed by atoms with Gasteiger partial charge in [-0.05, 0) is 31.7 Å². The number of unbranched alkanes of at least 4 members (excludes halogenated alkanes) is 1. The summed E-state index contributed by atoms with van der Waals surface area (Å²) in [7, 11) is 0. The number of aliphatic imine (C=N–C) groups is 1. The average Bonchev–Trinajstić information content (AvgIpc) is 2.71. The number of nitro benzene ring substituents is 1. The van der Waals surface area contributed by atoms with Crippen LogP contribution in [-0.2, 0) is 16.1 Å². The molecule has 0 bridgehead atoms. The summed E-state index contributed by atoms with van der Waals surface area (Å²) in [5.41, 5.74) is 0.997. The predicted molar refractivity (Wildman–Crippen MR) is 123 cm³/mol. The Morgan fingerprint density at radius 3 is 2.48 bits per heavy atom. The Balaban J connectivity index is 0.00000420. The Kier molecular flexibility index (Phi) is 11.6. The fraction of sp³-hybridized carbons (Fsp3) is 0.600. The van der Waals surface area contributed by atoms with E-state index in [-0.39, 0.29) is 41.6 Å². The van der Waals surface area contributed by atoms with Crippen molar-refractivity contribution in [1.82, 2.24) is 10.2 Å². The molecule has 9 heteroatoms. The van der Waals surface area contributed by atoms with Crippen LogP contribution < -0.4 is 5.32 Å². The molecule has 0 saturated carbocycles. The summed E-state index contributed by atoms with van der Waals surface area (Å²) in [4.78, 5) is 29.2. The first-order valence-electron chi connectivity index (χ1n) is 9.98. The van der Waals surface area contributed by atoms with Crippen LogP contribution in [0.3, 0.4) is 0 Å². The summed E-state index contributed by atoms with van der Waals surface area (Å²) >= 11 is 0. The van der Waals surface area contributed by atoms with Crippen molar-refractivity contribution in [2.24, 2.45) is 10.9 Å². The number of piperidine rings is 1. The molecule has 1 aromatic carbocycles. The summed E-state index contributed by atoms with van der Waals surface area (Å²) < 4.78 is 5.14. The van der Waals surface area contributed by atoms with Crippen molar-refractivity contribution in [2.45, 2.75) is 46.1 Å². The topological polar surface area (TPSA) is 97.1 Å². The van der Waals surface area contributed by atoms with Crippen molar-refractivity contribution in [2.75, 3.05) is 26.2 Å². The highest BCUT2D eigenvalue weighted by atomic mass is 127. The fourth-order valence-corrected chi connectivity index (χ4v) is 3.12. The molecule has 8 nitrogen and oxygen atoms in total. The minimum Gasteiger partial charge on any atom is -0.466 e. The standard InChI is InChI=1S/C20H30N4O4.HI/c1-3-5-12-21-20(22-15-16-6-8-18(9-7-16)24(26)27)23-13-10-17(11-14-23)19(25)28-4-2;/h6-9,17H,3-5,10-15H2,1-2H3,(H,21,22);1H. The van der Waals surface area contributed by atoms with E-state index in [1.54, 1.807) is 12.1 Å². The SMILES string of the molecule is CCCCNC(=NCc1ccc([N+](=O)[O-])cc1)N1CCC(C(=O)OCC)CC1.I. The number of carbonyl (C=O) groups excluding carboxylic acids is 1. The maximum Gasteiger partial charge on any atom is 0.309 e. The molecule has 1 saturated heterocycles. The lowest BCUT2D eigenvalue weighted by atomic mass is 9.97. The third-order valence-corrected chi connectivity index (χ3v) is 4.79. The van der Waals surface area contributed by atoms with Crippen LogP contribution in [0.4, 0.5) is 5.69 Å². The van der Waals surface area contributed by atoms with E-state index in [4.69, 9.17) is 9.73 Å². The summed E-state index contributed by atoms with van der Waals surface area (Å²) in [6.07, 6.45) is 3.65. The summed E-state index contributed by atoms with van der Waals surface area (Å²) in [5.74, 6) is 0.683. The quantitative estimate of drug-likeness (QED) is 0.107. The van der Waals surface area contributed by atoms with E-state index in [9.17, 15) is 14.9 Å². The van der Waals surface area contributed by atoms with E-state index in [0.29, 0.717) is 13.2 Å². The molecule has 0 unspecified atom stereocenters. The number of ether oxygens (including phenoxy) is 1. The minimum atomic E-state index is -0.404. The molecular weight excluding hydrogens is 487 g/mol. The molecule has 1 N–H and O–H groups in total. The van der Waals surface area contributed by atoms with Gasteiger partial charge in [-0.3, -0.25) is 14.9 Å². The molecule has 0 atom stereocenters. The molecule has 162 valence electrons. The molecule has 1 aromatic rings.